The zero-order valence-electron chi connectivity index (χ0n) is 45.0. The normalized spacial score (nSPS) is 20.6. The van der Waals surface area contributed by atoms with Gasteiger partial charge < -0.3 is 75.9 Å². The van der Waals surface area contributed by atoms with E-state index in [0.717, 1.165) is 10.8 Å². The van der Waals surface area contributed by atoms with Crippen LogP contribution in [-0.2, 0) is 57.6 Å². The lowest BCUT2D eigenvalue weighted by Crippen LogP contribution is -2.57. The first kappa shape index (κ1) is 62.3. The highest BCUT2D eigenvalue weighted by Gasteiger charge is 2.33. The van der Waals surface area contributed by atoms with Gasteiger partial charge >= 0.3 is 0 Å². The van der Waals surface area contributed by atoms with E-state index in [0.29, 0.717) is 55.5 Å². The van der Waals surface area contributed by atoms with Crippen LogP contribution in [0, 0.1) is 5.41 Å². The van der Waals surface area contributed by atoms with Crippen molar-refractivity contribution < 1.29 is 43.5 Å². The molecule has 1 aliphatic rings. The van der Waals surface area contributed by atoms with E-state index in [-0.39, 0.29) is 75.3 Å². The Hall–Kier alpha value is -8.57. The predicted molar refractivity (Wildman–Crippen MR) is 304 cm³/mol. The number of hydrogen-bond acceptors (Lipinski definition) is 13. The largest absolute Gasteiger partial charge is 0.508 e. The number of hydrogen-bond donors (Lipinski definition) is 15. The third kappa shape index (κ3) is 21.0. The number of primary amides is 1. The second-order valence-corrected chi connectivity index (χ2v) is 19.9. The second kappa shape index (κ2) is 32.4. The smallest absolute Gasteiger partial charge is 0.243 e. The van der Waals surface area contributed by atoms with E-state index in [1.165, 1.54) is 12.1 Å². The van der Waals surface area contributed by atoms with Gasteiger partial charge in [-0.1, -0.05) is 91.5 Å². The van der Waals surface area contributed by atoms with Crippen LogP contribution in [0.2, 0.25) is 0 Å². The average Bonchev–Trinajstić information content (AvgIpc) is 3.43. The predicted octanol–water partition coefficient (Wildman–Crippen LogP) is -0.129. The number of phenols is 1. The fraction of sp³-hybridized carbons (Fsp3) is 0.421. The van der Waals surface area contributed by atoms with Crippen LogP contribution in [0.3, 0.4) is 0 Å². The molecule has 0 bridgehead atoms. The maximum atomic E-state index is 14.8. The van der Waals surface area contributed by atoms with E-state index >= 15 is 0 Å². The lowest BCUT2D eigenvalue weighted by molar-refractivity contribution is -0.133. The maximum Gasteiger partial charge on any atom is 0.243 e. The Morgan fingerprint density at radius 2 is 1.18 bits per heavy atom. The molecule has 1 aliphatic heterocycles. The Balaban J connectivity index is 1.58. The lowest BCUT2D eigenvalue weighted by atomic mass is 9.99. The molecule has 0 aliphatic carbocycles. The highest BCUT2D eigenvalue weighted by Crippen LogP contribution is 2.19. The first-order chi connectivity index (χ1) is 38.4. The summed E-state index contributed by atoms with van der Waals surface area (Å²) in [7, 11) is 0. The second-order valence-electron chi connectivity index (χ2n) is 19.9. The van der Waals surface area contributed by atoms with E-state index in [9.17, 15) is 43.5 Å². The van der Waals surface area contributed by atoms with Crippen molar-refractivity contribution in [3.8, 4) is 5.75 Å². The Morgan fingerprint density at radius 1 is 0.613 bits per heavy atom. The summed E-state index contributed by atoms with van der Waals surface area (Å²) in [5, 5.41) is 44.8. The van der Waals surface area contributed by atoms with Crippen LogP contribution in [0.5, 0.6) is 5.75 Å². The van der Waals surface area contributed by atoms with E-state index in [2.05, 4.69) is 54.4 Å². The number of fused-ring (bicyclic) bond motifs is 1. The zero-order valence-corrected chi connectivity index (χ0v) is 45.0. The van der Waals surface area contributed by atoms with Gasteiger partial charge in [-0.2, -0.15) is 0 Å². The Morgan fingerprint density at radius 3 is 1.84 bits per heavy atom. The molecule has 1 saturated heterocycles. The quantitative estimate of drug-likeness (QED) is 0.0294. The van der Waals surface area contributed by atoms with Gasteiger partial charge in [0.1, 0.15) is 42.0 Å². The van der Waals surface area contributed by atoms with Crippen LogP contribution in [0.1, 0.15) is 80.9 Å². The van der Waals surface area contributed by atoms with Gasteiger partial charge in [-0.15, -0.1) is 0 Å². The molecule has 8 amide bonds. The number of benzene rings is 4. The first-order valence-electron chi connectivity index (χ1n) is 27.0. The van der Waals surface area contributed by atoms with Gasteiger partial charge in [-0.05, 0) is 110 Å². The fourth-order valence-electron chi connectivity index (χ4n) is 9.11. The van der Waals surface area contributed by atoms with E-state index in [1.54, 1.807) is 42.5 Å². The summed E-state index contributed by atoms with van der Waals surface area (Å²) in [5.41, 5.74) is 24.9. The minimum atomic E-state index is -1.48. The van der Waals surface area contributed by atoms with Crippen LogP contribution < -0.4 is 70.8 Å². The van der Waals surface area contributed by atoms with Crippen molar-refractivity contribution in [2.24, 2.45) is 22.9 Å². The van der Waals surface area contributed by atoms with Gasteiger partial charge in [0.15, 0.2) is 5.96 Å². The third-order valence-electron chi connectivity index (χ3n) is 13.5. The minimum Gasteiger partial charge on any atom is -0.508 e. The van der Waals surface area contributed by atoms with E-state index < -0.39 is 103 Å². The molecule has 0 saturated carbocycles. The van der Waals surface area contributed by atoms with Gasteiger partial charge in [0.2, 0.25) is 47.3 Å². The van der Waals surface area contributed by atoms with Crippen molar-refractivity contribution in [1.29, 1.82) is 5.41 Å². The van der Waals surface area contributed by atoms with Gasteiger partial charge in [0, 0.05) is 37.9 Å². The van der Waals surface area contributed by atoms with Crippen molar-refractivity contribution >= 4 is 64.0 Å². The van der Waals surface area contributed by atoms with Crippen molar-refractivity contribution in [2.45, 2.75) is 126 Å². The zero-order chi connectivity index (χ0) is 58.0. The Labute approximate surface area is 465 Å². The third-order valence-corrected chi connectivity index (χ3v) is 13.5. The highest BCUT2D eigenvalue weighted by molar-refractivity contribution is 5.96. The summed E-state index contributed by atoms with van der Waals surface area (Å²) in [6, 6.07) is 19.5. The van der Waals surface area contributed by atoms with Crippen LogP contribution in [0.15, 0.2) is 109 Å². The lowest BCUT2D eigenvalue weighted by Gasteiger charge is -2.30. The number of rotatable bonds is 21. The molecule has 80 heavy (non-hydrogen) atoms. The number of nitrogens with two attached hydrogens (primary N) is 4. The Kier molecular flexibility index (Phi) is 25.2. The summed E-state index contributed by atoms with van der Waals surface area (Å²) in [5.74, 6) is -6.41. The molecular formula is C57H78N14O9. The molecule has 23 nitrogen and oxygen atoms in total. The molecule has 19 N–H and O–H groups in total. The fourth-order valence-corrected chi connectivity index (χ4v) is 9.11. The number of carbonyl (C=O) groups is 8. The monoisotopic (exact) mass is 1100 g/mol. The molecule has 1 heterocycles. The SMILES string of the molecule is C=C1N[C@H](CCCNC(=N)N)C(=O)N[C@@H](Cc2ccc3ccccc3c2)C(=O)NCC(=O)N[C@@H](C(=O)N[C@@H](CCCCN)C(N)=O)CCC(=O)N[C@@H](Cc2ccccc2)C(=O)N[C@@H](Cc2ccc(O)cc2)C(=O)N[C@H]1CCCCN. The molecule has 1 fully saturated rings. The molecular weight excluding hydrogens is 1020 g/mol. The van der Waals surface area contributed by atoms with Gasteiger partial charge in [-0.25, -0.2) is 0 Å². The van der Waals surface area contributed by atoms with Crippen molar-refractivity contribution in [1.82, 2.24) is 47.9 Å². The number of carbonyl (C=O) groups excluding carboxylic acids is 8. The molecule has 0 unspecified atom stereocenters. The van der Waals surface area contributed by atoms with Crippen LogP contribution in [0.4, 0.5) is 0 Å². The van der Waals surface area contributed by atoms with Gasteiger partial charge in [-0.3, -0.25) is 43.8 Å². The Bertz CT molecular complexity index is 2760. The average molecular weight is 1100 g/mol. The standard InChI is InChI=1S/C57H78N14O9/c1-35-42(16-7-9-27-58)68-56(80)48(32-37-20-23-41(72)24-21-37)71-55(79)47(31-36-12-3-2-4-13-36)67-49(73)26-25-45(54(78)69-43(51(60)75)17-8-10-28-59)66-50(74)34-64-52(76)46(33-38-19-22-39-14-5-6-15-40(39)30-38)70-53(77)44(65-35)18-11-29-63-57(61)62/h2-6,12-15,19-24,30,42-48,65,72H,1,7-11,16-18,25-29,31-34,58-59H2,(H2,60,75)(H,64,76)(H,66,74)(H,67,73)(H,68,80)(H,69,78)(H,70,77)(H,71,79)(H4,61,62,63)/t42-,43-,44+,45+,46-,47-,48-/m0/s1. The van der Waals surface area contributed by atoms with Crippen molar-refractivity contribution in [3.63, 3.8) is 0 Å². The van der Waals surface area contributed by atoms with E-state index in [4.69, 9.17) is 28.3 Å². The molecule has 0 radical (unpaired) electrons. The number of guanidine groups is 1. The summed E-state index contributed by atoms with van der Waals surface area (Å²) in [6.07, 6.45) is 1.88. The van der Waals surface area contributed by atoms with Crippen LogP contribution in [0.25, 0.3) is 10.8 Å². The summed E-state index contributed by atoms with van der Waals surface area (Å²) in [4.78, 5) is 113. The van der Waals surface area contributed by atoms with Gasteiger partial charge in [0.25, 0.3) is 0 Å². The molecule has 4 aromatic rings. The number of nitrogens with one attached hydrogen (secondary N) is 10. The molecule has 0 spiro atoms. The maximum absolute atomic E-state index is 14.8. The van der Waals surface area contributed by atoms with Crippen molar-refractivity contribution in [3.05, 3.63) is 126 Å². The van der Waals surface area contributed by atoms with Crippen LogP contribution in [-0.4, -0.2) is 127 Å². The number of unbranched alkanes of at least 4 members (excludes halogenated alkanes) is 2. The molecule has 23 heteroatoms. The van der Waals surface area contributed by atoms with Gasteiger partial charge in [0.05, 0.1) is 12.6 Å². The molecule has 4 aromatic carbocycles. The molecule has 430 valence electrons. The number of phenolic OH excluding ortho intramolecular Hbond substituents is 1. The van der Waals surface area contributed by atoms with Crippen LogP contribution >= 0.6 is 0 Å². The number of amides is 8. The first-order valence-corrected chi connectivity index (χ1v) is 27.0. The highest BCUT2D eigenvalue weighted by atomic mass is 16.3. The minimum absolute atomic E-state index is 0.0286. The van der Waals surface area contributed by atoms with E-state index in [1.807, 2.05) is 42.5 Å². The van der Waals surface area contributed by atoms with Crippen molar-refractivity contribution in [2.75, 3.05) is 26.2 Å². The summed E-state index contributed by atoms with van der Waals surface area (Å²) >= 11 is 0. The topological polar surface area (TPSA) is 393 Å². The summed E-state index contributed by atoms with van der Waals surface area (Å²) in [6.45, 7) is 4.44. The summed E-state index contributed by atoms with van der Waals surface area (Å²) < 4.78 is 0. The number of aromatic hydroxyl groups is 1. The molecule has 7 atom stereocenters. The molecule has 0 aromatic heterocycles. The molecule has 5 rings (SSSR count).